The molecular weight excluding hydrogens is 573 g/mol. The van der Waals surface area contributed by atoms with Crippen molar-refractivity contribution in [1.82, 2.24) is 0 Å². The summed E-state index contributed by atoms with van der Waals surface area (Å²) >= 11 is 1.90. The van der Waals surface area contributed by atoms with Crippen LogP contribution in [-0.2, 0) is 5.41 Å². The quantitative estimate of drug-likeness (QED) is 0.181. The molecule has 1 unspecified atom stereocenters. The number of rotatable bonds is 1. The Morgan fingerprint density at radius 2 is 1.02 bits per heavy atom. The largest absolute Gasteiger partial charge is 0.0888 e. The molecule has 0 amide bonds. The highest BCUT2D eigenvalue weighted by atomic mass is 32.2. The second kappa shape index (κ2) is 8.88. The van der Waals surface area contributed by atoms with Crippen molar-refractivity contribution in [3.05, 3.63) is 180 Å². The highest BCUT2D eigenvalue weighted by molar-refractivity contribution is 7.99. The van der Waals surface area contributed by atoms with Crippen molar-refractivity contribution in [2.75, 3.05) is 0 Å². The smallest absolute Gasteiger partial charge is 0.0725 e. The van der Waals surface area contributed by atoms with Crippen molar-refractivity contribution in [2.45, 2.75) is 15.2 Å². The third-order valence-corrected chi connectivity index (χ3v) is 11.8. The molecule has 0 N–H and O–H groups in total. The van der Waals surface area contributed by atoms with Crippen molar-refractivity contribution in [2.24, 2.45) is 0 Å². The molecule has 0 aromatic heterocycles. The topological polar surface area (TPSA) is 0 Å². The molecular formula is C45H26S. The molecule has 1 heterocycles. The maximum Gasteiger partial charge on any atom is 0.0725 e. The van der Waals surface area contributed by atoms with Gasteiger partial charge in [-0.1, -0.05) is 151 Å². The molecule has 2 aliphatic carbocycles. The lowest BCUT2D eigenvalue weighted by atomic mass is 9.70. The third-order valence-electron chi connectivity index (χ3n) is 10.7. The molecule has 212 valence electrons. The van der Waals surface area contributed by atoms with Gasteiger partial charge in [-0.3, -0.25) is 0 Å². The lowest BCUT2D eigenvalue weighted by Crippen LogP contribution is -2.25. The molecule has 11 rings (SSSR count). The summed E-state index contributed by atoms with van der Waals surface area (Å²) in [6.07, 6.45) is 0. The summed E-state index contributed by atoms with van der Waals surface area (Å²) in [6.45, 7) is 0. The average Bonchev–Trinajstić information content (AvgIpc) is 3.59. The third kappa shape index (κ3) is 3.02. The van der Waals surface area contributed by atoms with E-state index in [1.807, 2.05) is 11.8 Å². The van der Waals surface area contributed by atoms with Gasteiger partial charge >= 0.3 is 0 Å². The van der Waals surface area contributed by atoms with E-state index < -0.39 is 0 Å². The zero-order chi connectivity index (χ0) is 30.0. The van der Waals surface area contributed by atoms with Crippen LogP contribution in [0.25, 0.3) is 66.1 Å². The summed E-state index contributed by atoms with van der Waals surface area (Å²) < 4.78 is 0. The van der Waals surface area contributed by atoms with E-state index in [9.17, 15) is 0 Å². The van der Waals surface area contributed by atoms with Gasteiger partial charge in [0, 0.05) is 15.2 Å². The van der Waals surface area contributed by atoms with Crippen molar-refractivity contribution in [3.8, 4) is 44.5 Å². The first-order valence-corrected chi connectivity index (χ1v) is 16.8. The standard InChI is InChI=1S/C45H26S/c1-2-12-31-27(9-1)21-24-39-44(31)36-14-4-6-17-38(36)45(39)37-16-5-3-13-32(37)33-22-19-29(25-40(33)45)30-20-23-34-35-15-7-10-28-11-8-18-41(43(28)35)46-42(34)26-30/h1-26H. The van der Waals surface area contributed by atoms with Gasteiger partial charge in [-0.05, 0) is 101 Å². The van der Waals surface area contributed by atoms with Gasteiger partial charge in [-0.15, -0.1) is 0 Å². The van der Waals surface area contributed by atoms with Crippen LogP contribution in [0.3, 0.4) is 0 Å². The molecule has 1 spiro atoms. The average molecular weight is 599 g/mol. The summed E-state index contributed by atoms with van der Waals surface area (Å²) in [6, 6.07) is 59.5. The Morgan fingerprint density at radius 3 is 1.91 bits per heavy atom. The number of fused-ring (bicyclic) bond motifs is 14. The molecule has 3 aliphatic rings. The number of benzene rings is 8. The first-order chi connectivity index (χ1) is 22.8. The van der Waals surface area contributed by atoms with Gasteiger partial charge in [0.15, 0.2) is 0 Å². The van der Waals surface area contributed by atoms with E-state index in [0.29, 0.717) is 0 Å². The van der Waals surface area contributed by atoms with Crippen LogP contribution in [0.4, 0.5) is 0 Å². The van der Waals surface area contributed by atoms with E-state index in [-0.39, 0.29) is 5.41 Å². The SMILES string of the molecule is c1ccc2c(c1)-c1ccc(-c3ccc4c(c3)Sc3cccc5cccc-4c35)cc1C21c2ccccc2-c2c1ccc1ccccc21. The van der Waals surface area contributed by atoms with Gasteiger partial charge in [0.25, 0.3) is 0 Å². The lowest BCUT2D eigenvalue weighted by molar-refractivity contribution is 0.795. The van der Waals surface area contributed by atoms with Crippen molar-refractivity contribution < 1.29 is 0 Å². The molecule has 1 heteroatoms. The molecule has 0 radical (unpaired) electrons. The van der Waals surface area contributed by atoms with Crippen LogP contribution in [0, 0.1) is 0 Å². The van der Waals surface area contributed by atoms with Crippen molar-refractivity contribution in [3.63, 3.8) is 0 Å². The van der Waals surface area contributed by atoms with Crippen LogP contribution in [0.5, 0.6) is 0 Å². The zero-order valence-corrected chi connectivity index (χ0v) is 25.7. The van der Waals surface area contributed by atoms with E-state index in [1.165, 1.54) is 98.1 Å². The molecule has 1 atom stereocenters. The normalized spacial score (nSPS) is 16.3. The minimum atomic E-state index is -0.366. The summed E-state index contributed by atoms with van der Waals surface area (Å²) in [4.78, 5) is 2.66. The van der Waals surface area contributed by atoms with Gasteiger partial charge in [0.2, 0.25) is 0 Å². The molecule has 8 aromatic rings. The second-order valence-electron chi connectivity index (χ2n) is 12.8. The Hall–Kier alpha value is -5.37. The maximum atomic E-state index is 2.50. The van der Waals surface area contributed by atoms with Gasteiger partial charge in [0.05, 0.1) is 5.41 Å². The van der Waals surface area contributed by atoms with E-state index in [2.05, 4.69) is 158 Å². The van der Waals surface area contributed by atoms with Gasteiger partial charge in [-0.2, -0.15) is 0 Å². The van der Waals surface area contributed by atoms with Gasteiger partial charge < -0.3 is 0 Å². The highest BCUT2D eigenvalue weighted by Crippen LogP contribution is 2.64. The van der Waals surface area contributed by atoms with E-state index >= 15 is 0 Å². The van der Waals surface area contributed by atoms with Crippen LogP contribution in [0.1, 0.15) is 22.3 Å². The summed E-state index contributed by atoms with van der Waals surface area (Å²) in [5.74, 6) is 0. The molecule has 8 aromatic carbocycles. The fourth-order valence-electron chi connectivity index (χ4n) is 8.83. The maximum absolute atomic E-state index is 2.50. The van der Waals surface area contributed by atoms with Crippen LogP contribution in [0.2, 0.25) is 0 Å². The predicted molar refractivity (Wildman–Crippen MR) is 193 cm³/mol. The Labute approximate surface area is 272 Å². The molecule has 0 bridgehead atoms. The Bertz CT molecular complexity index is 2620. The van der Waals surface area contributed by atoms with Crippen molar-refractivity contribution >= 4 is 33.3 Å². The Kier molecular flexibility index (Phi) is 4.80. The van der Waals surface area contributed by atoms with E-state index in [1.54, 1.807) is 0 Å². The first kappa shape index (κ1) is 24.9. The molecule has 0 saturated carbocycles. The highest BCUT2D eigenvalue weighted by Gasteiger charge is 2.52. The Balaban J connectivity index is 1.17. The van der Waals surface area contributed by atoms with Crippen LogP contribution >= 0.6 is 11.8 Å². The fraction of sp³-hybridized carbons (Fsp3) is 0.0222. The monoisotopic (exact) mass is 598 g/mol. The van der Waals surface area contributed by atoms with Crippen molar-refractivity contribution in [1.29, 1.82) is 0 Å². The Morgan fingerprint density at radius 1 is 0.370 bits per heavy atom. The predicted octanol–water partition coefficient (Wildman–Crippen LogP) is 12.1. The summed E-state index contributed by atoms with van der Waals surface area (Å²) in [5.41, 5.74) is 15.8. The van der Waals surface area contributed by atoms with E-state index in [0.717, 1.165) is 0 Å². The summed E-state index contributed by atoms with van der Waals surface area (Å²) in [7, 11) is 0. The number of hydrogen-bond acceptors (Lipinski definition) is 1. The van der Waals surface area contributed by atoms with Crippen LogP contribution in [-0.4, -0.2) is 0 Å². The minimum Gasteiger partial charge on any atom is -0.0888 e. The summed E-state index contributed by atoms with van der Waals surface area (Å²) in [5, 5.41) is 5.30. The molecule has 46 heavy (non-hydrogen) atoms. The first-order valence-electron chi connectivity index (χ1n) is 16.0. The molecule has 0 saturated heterocycles. The van der Waals surface area contributed by atoms with Gasteiger partial charge in [0.1, 0.15) is 0 Å². The molecule has 0 fully saturated rings. The fourth-order valence-corrected chi connectivity index (χ4v) is 10.0. The minimum absolute atomic E-state index is 0.366. The van der Waals surface area contributed by atoms with E-state index in [4.69, 9.17) is 0 Å². The zero-order valence-electron chi connectivity index (χ0n) is 24.9. The van der Waals surface area contributed by atoms with Crippen LogP contribution < -0.4 is 0 Å². The van der Waals surface area contributed by atoms with Crippen LogP contribution in [0.15, 0.2) is 168 Å². The lowest BCUT2D eigenvalue weighted by Gasteiger charge is -2.31. The molecule has 0 nitrogen and oxygen atoms in total. The number of hydrogen-bond donors (Lipinski definition) is 0. The van der Waals surface area contributed by atoms with Gasteiger partial charge in [-0.25, -0.2) is 0 Å². The second-order valence-corrected chi connectivity index (χ2v) is 13.9. The molecule has 1 aliphatic heterocycles.